The van der Waals surface area contributed by atoms with Gasteiger partial charge in [0.15, 0.2) is 15.7 Å². The van der Waals surface area contributed by atoms with Crippen LogP contribution in [0.1, 0.15) is 57.8 Å². The minimum absolute atomic E-state index is 0.0956. The van der Waals surface area contributed by atoms with Gasteiger partial charge in [-0.1, -0.05) is 0 Å². The van der Waals surface area contributed by atoms with Gasteiger partial charge in [0.1, 0.15) is 11.5 Å². The average Bonchev–Trinajstić information content (AvgIpc) is 3.18. The fourth-order valence-corrected chi connectivity index (χ4v) is 4.54. The van der Waals surface area contributed by atoms with Crippen LogP contribution in [0.5, 0.6) is 0 Å². The lowest BCUT2D eigenvalue weighted by Gasteiger charge is -2.39. The van der Waals surface area contributed by atoms with Gasteiger partial charge in [-0.05, 0) is 56.4 Å². The highest BCUT2D eigenvalue weighted by Crippen LogP contribution is 2.34. The maximum absolute atomic E-state index is 12.5. The summed E-state index contributed by atoms with van der Waals surface area (Å²) < 4.78 is 26.4. The Morgan fingerprint density at radius 1 is 1.17 bits per heavy atom. The minimum Gasteiger partial charge on any atom is -0.336 e. The number of hydrogen-bond acceptors (Lipinski definition) is 6. The van der Waals surface area contributed by atoms with Crippen LogP contribution in [0, 0.1) is 0 Å². The average molecular weight is 341 g/mol. The van der Waals surface area contributed by atoms with Crippen molar-refractivity contribution < 1.29 is 13.2 Å². The van der Waals surface area contributed by atoms with Crippen LogP contribution < -0.4 is 0 Å². The summed E-state index contributed by atoms with van der Waals surface area (Å²) in [7, 11) is -3.58. The first-order valence-corrected chi connectivity index (χ1v) is 9.98. The van der Waals surface area contributed by atoms with E-state index >= 15 is 0 Å². The normalized spacial score (nSPS) is 25.6. The Kier molecular flexibility index (Phi) is 4.39. The zero-order valence-electron chi connectivity index (χ0n) is 13.6. The number of hydrogen-bond donors (Lipinski definition) is 0. The molecule has 3 rings (SSSR count). The zero-order chi connectivity index (χ0) is 16.6. The molecule has 2 heterocycles. The van der Waals surface area contributed by atoms with Gasteiger partial charge in [-0.2, -0.15) is 0 Å². The maximum Gasteiger partial charge on any atom is 0.238 e. The summed E-state index contributed by atoms with van der Waals surface area (Å²) >= 11 is 0. The Bertz CT molecular complexity index is 672. The summed E-state index contributed by atoms with van der Waals surface area (Å²) in [5.41, 5.74) is 0. The number of nitrogens with zero attached hydrogens (tertiary/aromatic N) is 5. The van der Waals surface area contributed by atoms with Gasteiger partial charge in [0.05, 0.1) is 6.04 Å². The molecule has 1 aromatic rings. The van der Waals surface area contributed by atoms with Crippen LogP contribution in [0.2, 0.25) is 0 Å². The topological polar surface area (TPSA) is 98.1 Å². The number of tetrazole rings is 1. The van der Waals surface area contributed by atoms with Crippen LogP contribution in [0.4, 0.5) is 0 Å². The SMILES string of the molecule is C[C@H]1CCC[C@H](C)N1C(=O)CS(=O)(=O)Cc1nnnn1C1CC1. The smallest absolute Gasteiger partial charge is 0.238 e. The summed E-state index contributed by atoms with van der Waals surface area (Å²) in [6.07, 6.45) is 4.88. The molecule has 1 aromatic heterocycles. The van der Waals surface area contributed by atoms with Crippen LogP contribution in [0.15, 0.2) is 0 Å². The maximum atomic E-state index is 12.5. The molecule has 2 atom stereocenters. The van der Waals surface area contributed by atoms with Crippen LogP contribution in [-0.2, 0) is 20.4 Å². The molecule has 128 valence electrons. The summed E-state index contributed by atoms with van der Waals surface area (Å²) in [4.78, 5) is 14.2. The van der Waals surface area contributed by atoms with Crippen molar-refractivity contribution in [2.24, 2.45) is 0 Å². The summed E-state index contributed by atoms with van der Waals surface area (Å²) in [5.74, 6) is -0.729. The Balaban J connectivity index is 1.68. The van der Waals surface area contributed by atoms with Crippen LogP contribution >= 0.6 is 0 Å². The molecule has 23 heavy (non-hydrogen) atoms. The van der Waals surface area contributed by atoms with E-state index in [2.05, 4.69) is 15.5 Å². The molecular formula is C14H23N5O3S. The second-order valence-corrected chi connectivity index (χ2v) is 8.80. The van der Waals surface area contributed by atoms with E-state index in [9.17, 15) is 13.2 Å². The lowest BCUT2D eigenvalue weighted by Crippen LogP contribution is -2.49. The number of amides is 1. The molecule has 1 saturated carbocycles. The third-order valence-corrected chi connectivity index (χ3v) is 6.01. The van der Waals surface area contributed by atoms with Crippen molar-refractivity contribution in [2.75, 3.05) is 5.75 Å². The predicted molar refractivity (Wildman–Crippen MR) is 83.2 cm³/mol. The second-order valence-electron chi connectivity index (χ2n) is 6.73. The Hall–Kier alpha value is -1.51. The van der Waals surface area contributed by atoms with Crippen molar-refractivity contribution in [2.45, 2.75) is 69.8 Å². The number of carbonyl (C=O) groups excluding carboxylic acids is 1. The molecule has 0 aromatic carbocycles. The summed E-state index contributed by atoms with van der Waals surface area (Å²) in [6, 6.07) is 0.407. The van der Waals surface area contributed by atoms with Gasteiger partial charge in [-0.25, -0.2) is 13.1 Å². The third kappa shape index (κ3) is 3.70. The summed E-state index contributed by atoms with van der Waals surface area (Å²) in [6.45, 7) is 3.96. The molecule has 0 bridgehead atoms. The van der Waals surface area contributed by atoms with Crippen LogP contribution in [0.3, 0.4) is 0 Å². The van der Waals surface area contributed by atoms with Gasteiger partial charge in [-0.15, -0.1) is 5.10 Å². The van der Waals surface area contributed by atoms with E-state index in [1.807, 2.05) is 13.8 Å². The number of rotatable bonds is 5. The Morgan fingerprint density at radius 2 is 1.83 bits per heavy atom. The van der Waals surface area contributed by atoms with Gasteiger partial charge >= 0.3 is 0 Å². The number of likely N-dealkylation sites (tertiary alicyclic amines) is 1. The van der Waals surface area contributed by atoms with Gasteiger partial charge in [-0.3, -0.25) is 4.79 Å². The van der Waals surface area contributed by atoms with Gasteiger partial charge in [0.25, 0.3) is 0 Å². The molecule has 1 aliphatic carbocycles. The molecule has 9 heteroatoms. The van der Waals surface area contributed by atoms with Crippen LogP contribution in [0.25, 0.3) is 0 Å². The molecule has 2 fully saturated rings. The monoisotopic (exact) mass is 341 g/mol. The molecule has 0 unspecified atom stereocenters. The van der Waals surface area contributed by atoms with Gasteiger partial charge in [0.2, 0.25) is 5.91 Å². The van der Waals surface area contributed by atoms with Crippen LogP contribution in [-0.4, -0.2) is 57.3 Å². The summed E-state index contributed by atoms with van der Waals surface area (Å²) in [5, 5.41) is 11.2. The van der Waals surface area contributed by atoms with Crippen molar-refractivity contribution in [1.82, 2.24) is 25.1 Å². The predicted octanol–water partition coefficient (Wildman–Crippen LogP) is 0.712. The number of carbonyl (C=O) groups is 1. The van der Waals surface area contributed by atoms with E-state index in [0.29, 0.717) is 5.82 Å². The van der Waals surface area contributed by atoms with E-state index in [4.69, 9.17) is 0 Å². The fraction of sp³-hybridized carbons (Fsp3) is 0.857. The van der Waals surface area contributed by atoms with E-state index in [0.717, 1.165) is 32.1 Å². The molecule has 0 spiro atoms. The second kappa shape index (κ2) is 6.18. The lowest BCUT2D eigenvalue weighted by molar-refractivity contribution is -0.134. The molecule has 1 saturated heterocycles. The van der Waals surface area contributed by atoms with Crippen molar-refractivity contribution >= 4 is 15.7 Å². The van der Waals surface area contributed by atoms with E-state index in [1.165, 1.54) is 0 Å². The van der Waals surface area contributed by atoms with Crippen molar-refractivity contribution in [1.29, 1.82) is 0 Å². The molecule has 0 radical (unpaired) electrons. The van der Waals surface area contributed by atoms with Gasteiger partial charge in [0, 0.05) is 12.1 Å². The highest BCUT2D eigenvalue weighted by Gasteiger charge is 2.33. The van der Waals surface area contributed by atoms with E-state index < -0.39 is 15.6 Å². The molecule has 2 aliphatic rings. The molecule has 1 amide bonds. The minimum atomic E-state index is -3.58. The molecule has 1 aliphatic heterocycles. The van der Waals surface area contributed by atoms with Crippen molar-refractivity contribution in [3.05, 3.63) is 5.82 Å². The van der Waals surface area contributed by atoms with Gasteiger partial charge < -0.3 is 4.90 Å². The molecule has 0 N–H and O–H groups in total. The molecular weight excluding hydrogens is 318 g/mol. The number of aromatic nitrogens is 4. The largest absolute Gasteiger partial charge is 0.336 e. The Labute approximate surface area is 136 Å². The first-order chi connectivity index (χ1) is 10.9. The third-order valence-electron chi connectivity index (χ3n) is 4.63. The number of sulfone groups is 1. The highest BCUT2D eigenvalue weighted by atomic mass is 32.2. The first-order valence-electron chi connectivity index (χ1n) is 8.16. The zero-order valence-corrected chi connectivity index (χ0v) is 14.4. The fourth-order valence-electron chi connectivity index (χ4n) is 3.33. The Morgan fingerprint density at radius 3 is 2.43 bits per heavy atom. The quantitative estimate of drug-likeness (QED) is 0.782. The van der Waals surface area contributed by atoms with Crippen molar-refractivity contribution in [3.8, 4) is 0 Å². The first kappa shape index (κ1) is 16.4. The molecule has 8 nitrogen and oxygen atoms in total. The standard InChI is InChI=1S/C14H23N5O3S/c1-10-4-3-5-11(2)18(10)14(20)9-23(21,22)8-13-15-16-17-19(13)12-6-7-12/h10-12H,3-9H2,1-2H3/t10-,11-/m0/s1. The lowest BCUT2D eigenvalue weighted by atomic mass is 9.98. The van der Waals surface area contributed by atoms with E-state index in [-0.39, 0.29) is 29.8 Å². The number of piperidine rings is 1. The van der Waals surface area contributed by atoms with Crippen molar-refractivity contribution in [3.63, 3.8) is 0 Å². The van der Waals surface area contributed by atoms with E-state index in [1.54, 1.807) is 9.58 Å². The highest BCUT2D eigenvalue weighted by molar-refractivity contribution is 7.91.